The molecule has 2 aliphatic heterocycles. The van der Waals surface area contributed by atoms with Crippen molar-refractivity contribution in [3.63, 3.8) is 0 Å². The first-order chi connectivity index (χ1) is 10.3. The molecule has 4 heteroatoms. The molecular weight excluding hydrogens is 266 g/mol. The Morgan fingerprint density at radius 3 is 3.00 bits per heavy atom. The molecule has 21 heavy (non-hydrogen) atoms. The van der Waals surface area contributed by atoms with Crippen LogP contribution in [0.3, 0.4) is 0 Å². The van der Waals surface area contributed by atoms with E-state index in [1.54, 1.807) is 0 Å². The minimum atomic E-state index is -0.420. The molecule has 0 amide bonds. The van der Waals surface area contributed by atoms with Gasteiger partial charge in [-0.25, -0.2) is 0 Å². The van der Waals surface area contributed by atoms with Crippen LogP contribution in [0.1, 0.15) is 24.0 Å². The van der Waals surface area contributed by atoms with Gasteiger partial charge in [-0.3, -0.25) is 4.90 Å². The molecule has 0 bridgehead atoms. The molecule has 1 aromatic carbocycles. The highest BCUT2D eigenvalue weighted by Crippen LogP contribution is 2.18. The van der Waals surface area contributed by atoms with Gasteiger partial charge in [0.2, 0.25) is 0 Å². The second-order valence-corrected chi connectivity index (χ2v) is 6.08. The second kappa shape index (κ2) is 7.36. The predicted molar refractivity (Wildman–Crippen MR) is 81.2 cm³/mol. The highest BCUT2D eigenvalue weighted by molar-refractivity contribution is 5.29. The zero-order chi connectivity index (χ0) is 14.5. The van der Waals surface area contributed by atoms with E-state index < -0.39 is 6.10 Å². The number of nitrogens with zero attached hydrogens (tertiary/aromatic N) is 1. The zero-order valence-electron chi connectivity index (χ0n) is 12.5. The van der Waals surface area contributed by atoms with Crippen LogP contribution < -0.4 is 0 Å². The molecule has 2 unspecified atom stereocenters. The van der Waals surface area contributed by atoms with Crippen LogP contribution in [0.4, 0.5) is 0 Å². The number of β-amino-alcohol motifs (C(OH)–C–C–N with tert-alkyl or cyclic N) is 1. The average molecular weight is 291 g/mol. The SMILES string of the molecule is OC(COCC1CCCO1)CN1CCc2ccccc2C1. The van der Waals surface area contributed by atoms with E-state index in [-0.39, 0.29) is 6.10 Å². The van der Waals surface area contributed by atoms with E-state index in [9.17, 15) is 5.11 Å². The van der Waals surface area contributed by atoms with Gasteiger partial charge in [0.05, 0.1) is 25.4 Å². The van der Waals surface area contributed by atoms with E-state index in [1.807, 2.05) is 0 Å². The Kier molecular flexibility index (Phi) is 5.25. The molecule has 0 saturated carbocycles. The molecule has 3 rings (SSSR count). The van der Waals surface area contributed by atoms with Crippen molar-refractivity contribution < 1.29 is 14.6 Å². The summed E-state index contributed by atoms with van der Waals surface area (Å²) in [5, 5.41) is 10.1. The summed E-state index contributed by atoms with van der Waals surface area (Å²) >= 11 is 0. The molecule has 0 spiro atoms. The minimum absolute atomic E-state index is 0.235. The number of hydrogen-bond acceptors (Lipinski definition) is 4. The van der Waals surface area contributed by atoms with Crippen molar-refractivity contribution in [1.29, 1.82) is 0 Å². The molecular formula is C17H25NO3. The Bertz CT molecular complexity index is 445. The summed E-state index contributed by atoms with van der Waals surface area (Å²) in [6.45, 7) is 4.49. The lowest BCUT2D eigenvalue weighted by Crippen LogP contribution is -2.38. The van der Waals surface area contributed by atoms with Gasteiger partial charge in [0, 0.05) is 26.2 Å². The van der Waals surface area contributed by atoms with Crippen LogP contribution in [0.25, 0.3) is 0 Å². The van der Waals surface area contributed by atoms with Gasteiger partial charge in [0.25, 0.3) is 0 Å². The fraction of sp³-hybridized carbons (Fsp3) is 0.647. The summed E-state index contributed by atoms with van der Waals surface area (Å²) in [4.78, 5) is 2.31. The second-order valence-electron chi connectivity index (χ2n) is 6.08. The number of benzene rings is 1. The van der Waals surface area contributed by atoms with Gasteiger partial charge in [-0.05, 0) is 30.4 Å². The molecule has 2 heterocycles. The summed E-state index contributed by atoms with van der Waals surface area (Å²) < 4.78 is 11.1. The third kappa shape index (κ3) is 4.27. The standard InChI is InChI=1S/C17H25NO3/c19-16(12-20-13-17-6-3-9-21-17)11-18-8-7-14-4-1-2-5-15(14)10-18/h1-2,4-5,16-17,19H,3,6-13H2. The lowest BCUT2D eigenvalue weighted by molar-refractivity contribution is -0.0261. The third-order valence-corrected chi connectivity index (χ3v) is 4.32. The summed E-state index contributed by atoms with van der Waals surface area (Å²) in [5.41, 5.74) is 2.83. The van der Waals surface area contributed by atoms with Crippen LogP contribution in [0, 0.1) is 0 Å². The van der Waals surface area contributed by atoms with Crippen molar-refractivity contribution in [1.82, 2.24) is 4.90 Å². The molecule has 1 saturated heterocycles. The smallest absolute Gasteiger partial charge is 0.0900 e. The monoisotopic (exact) mass is 291 g/mol. The Morgan fingerprint density at radius 1 is 1.33 bits per heavy atom. The normalized spacial score (nSPS) is 24.0. The first kappa shape index (κ1) is 15.0. The van der Waals surface area contributed by atoms with E-state index in [4.69, 9.17) is 9.47 Å². The van der Waals surface area contributed by atoms with Gasteiger partial charge >= 0.3 is 0 Å². The molecule has 4 nitrogen and oxygen atoms in total. The molecule has 2 atom stereocenters. The molecule has 1 fully saturated rings. The Labute approximate surface area is 126 Å². The number of rotatable bonds is 6. The van der Waals surface area contributed by atoms with Crippen LogP contribution in [0.5, 0.6) is 0 Å². The number of fused-ring (bicyclic) bond motifs is 1. The maximum absolute atomic E-state index is 10.1. The van der Waals surface area contributed by atoms with Crippen LogP contribution in [0.2, 0.25) is 0 Å². The summed E-state index contributed by atoms with van der Waals surface area (Å²) in [5.74, 6) is 0. The maximum Gasteiger partial charge on any atom is 0.0900 e. The highest BCUT2D eigenvalue weighted by Gasteiger charge is 2.19. The molecule has 2 aliphatic rings. The van der Waals surface area contributed by atoms with Crippen molar-refractivity contribution in [3.8, 4) is 0 Å². The summed E-state index contributed by atoms with van der Waals surface area (Å²) in [6, 6.07) is 8.57. The number of aliphatic hydroxyl groups is 1. The van der Waals surface area contributed by atoms with Gasteiger partial charge < -0.3 is 14.6 Å². The first-order valence-electron chi connectivity index (χ1n) is 7.98. The van der Waals surface area contributed by atoms with Crippen molar-refractivity contribution in [3.05, 3.63) is 35.4 Å². The van der Waals surface area contributed by atoms with Gasteiger partial charge in [-0.1, -0.05) is 24.3 Å². The lowest BCUT2D eigenvalue weighted by atomic mass is 10.00. The van der Waals surface area contributed by atoms with Crippen molar-refractivity contribution >= 4 is 0 Å². The Hall–Kier alpha value is -0.940. The summed E-state index contributed by atoms with van der Waals surface area (Å²) in [6.07, 6.45) is 3.10. The van der Waals surface area contributed by atoms with E-state index in [0.29, 0.717) is 19.8 Å². The number of hydrogen-bond donors (Lipinski definition) is 1. The molecule has 0 aromatic heterocycles. The van der Waals surface area contributed by atoms with Crippen LogP contribution in [0.15, 0.2) is 24.3 Å². The van der Waals surface area contributed by atoms with Gasteiger partial charge in [0.15, 0.2) is 0 Å². The number of aliphatic hydroxyl groups excluding tert-OH is 1. The van der Waals surface area contributed by atoms with Crippen LogP contribution in [-0.4, -0.2) is 55.1 Å². The fourth-order valence-electron chi connectivity index (χ4n) is 3.17. The van der Waals surface area contributed by atoms with E-state index >= 15 is 0 Å². The van der Waals surface area contributed by atoms with Crippen molar-refractivity contribution in [2.45, 2.75) is 38.0 Å². The fourth-order valence-corrected chi connectivity index (χ4v) is 3.17. The zero-order valence-corrected chi connectivity index (χ0v) is 12.5. The Morgan fingerprint density at radius 2 is 2.19 bits per heavy atom. The average Bonchev–Trinajstić information content (AvgIpc) is 3.00. The maximum atomic E-state index is 10.1. The van der Waals surface area contributed by atoms with Gasteiger partial charge in [-0.15, -0.1) is 0 Å². The van der Waals surface area contributed by atoms with Crippen LogP contribution >= 0.6 is 0 Å². The molecule has 116 valence electrons. The largest absolute Gasteiger partial charge is 0.389 e. The van der Waals surface area contributed by atoms with Crippen LogP contribution in [-0.2, 0) is 22.4 Å². The molecule has 0 radical (unpaired) electrons. The molecule has 1 N–H and O–H groups in total. The Balaban J connectivity index is 1.38. The number of ether oxygens (including phenoxy) is 2. The van der Waals surface area contributed by atoms with E-state index in [2.05, 4.69) is 29.2 Å². The minimum Gasteiger partial charge on any atom is -0.389 e. The highest BCUT2D eigenvalue weighted by atomic mass is 16.5. The lowest BCUT2D eigenvalue weighted by Gasteiger charge is -2.30. The predicted octanol–water partition coefficient (Wildman–Crippen LogP) is 1.60. The summed E-state index contributed by atoms with van der Waals surface area (Å²) in [7, 11) is 0. The van der Waals surface area contributed by atoms with Crippen molar-refractivity contribution in [2.24, 2.45) is 0 Å². The van der Waals surface area contributed by atoms with E-state index in [1.165, 1.54) is 11.1 Å². The molecule has 0 aliphatic carbocycles. The molecule has 1 aromatic rings. The topological polar surface area (TPSA) is 41.9 Å². The quantitative estimate of drug-likeness (QED) is 0.864. The third-order valence-electron chi connectivity index (χ3n) is 4.32. The van der Waals surface area contributed by atoms with Gasteiger partial charge in [-0.2, -0.15) is 0 Å². The van der Waals surface area contributed by atoms with E-state index in [0.717, 1.165) is 39.0 Å². The first-order valence-corrected chi connectivity index (χ1v) is 7.98. The van der Waals surface area contributed by atoms with Gasteiger partial charge in [0.1, 0.15) is 0 Å². The van der Waals surface area contributed by atoms with Crippen molar-refractivity contribution in [2.75, 3.05) is 32.9 Å².